The fourth-order valence-electron chi connectivity index (χ4n) is 2.31. The average Bonchev–Trinajstić information content (AvgIpc) is 2.47. The summed E-state index contributed by atoms with van der Waals surface area (Å²) in [6, 6.07) is 0. The van der Waals surface area contributed by atoms with Crippen molar-refractivity contribution in [2.75, 3.05) is 0 Å². The van der Waals surface area contributed by atoms with Crippen LogP contribution in [-0.4, -0.2) is 23.3 Å². The minimum atomic E-state index is -0.953. The number of unbranched alkanes of at least 4 members (excludes halogenated alkanes) is 8. The number of ether oxygens (including phenoxy) is 1. The van der Waals surface area contributed by atoms with Gasteiger partial charge in [-0.05, 0) is 46.0 Å². The largest absolute Gasteiger partial charge is 0.461 e. The van der Waals surface area contributed by atoms with E-state index in [-0.39, 0.29) is 6.10 Å². The van der Waals surface area contributed by atoms with Gasteiger partial charge in [0.25, 0.3) is 0 Å². The predicted molar refractivity (Wildman–Crippen MR) is 92.8 cm³/mol. The van der Waals surface area contributed by atoms with E-state index in [4.69, 9.17) is 4.74 Å². The highest BCUT2D eigenvalue weighted by Crippen LogP contribution is 2.10. The van der Waals surface area contributed by atoms with Crippen LogP contribution in [0.1, 0.15) is 91.4 Å². The van der Waals surface area contributed by atoms with Crippen molar-refractivity contribution in [3.8, 4) is 0 Å². The first-order valence-corrected chi connectivity index (χ1v) is 9.11. The Morgan fingerprint density at radius 3 is 2.05 bits per heavy atom. The maximum atomic E-state index is 11.4. The van der Waals surface area contributed by atoms with E-state index in [2.05, 4.69) is 19.1 Å². The van der Waals surface area contributed by atoms with Crippen LogP contribution in [0, 0.1) is 0 Å². The van der Waals surface area contributed by atoms with Crippen LogP contribution in [0.2, 0.25) is 0 Å². The molecule has 22 heavy (non-hydrogen) atoms. The van der Waals surface area contributed by atoms with Gasteiger partial charge in [0.1, 0.15) is 0 Å². The summed E-state index contributed by atoms with van der Waals surface area (Å²) in [4.78, 5) is 11.4. The Morgan fingerprint density at radius 1 is 0.955 bits per heavy atom. The SMILES string of the molecule is CCCCCC/C=C/CCCCCCC(O)C(=O)OC(C)C. The molecule has 0 fully saturated rings. The highest BCUT2D eigenvalue weighted by molar-refractivity contribution is 5.74. The van der Waals surface area contributed by atoms with Crippen molar-refractivity contribution in [2.24, 2.45) is 0 Å². The fourth-order valence-corrected chi connectivity index (χ4v) is 2.31. The van der Waals surface area contributed by atoms with Crippen LogP contribution in [0.3, 0.4) is 0 Å². The molecule has 0 amide bonds. The van der Waals surface area contributed by atoms with Gasteiger partial charge in [0.2, 0.25) is 0 Å². The van der Waals surface area contributed by atoms with Gasteiger partial charge < -0.3 is 9.84 Å². The van der Waals surface area contributed by atoms with E-state index < -0.39 is 12.1 Å². The first-order chi connectivity index (χ1) is 10.6. The monoisotopic (exact) mass is 312 g/mol. The molecule has 3 heteroatoms. The van der Waals surface area contributed by atoms with Crippen LogP contribution in [0.25, 0.3) is 0 Å². The Kier molecular flexibility index (Phi) is 14.5. The fraction of sp³-hybridized carbons (Fsp3) is 0.842. The topological polar surface area (TPSA) is 46.5 Å². The van der Waals surface area contributed by atoms with E-state index in [9.17, 15) is 9.90 Å². The molecule has 130 valence electrons. The molecule has 0 saturated heterocycles. The Balaban J connectivity index is 3.36. The standard InChI is InChI=1S/C19H36O3/c1-4-5-6-7-8-9-10-11-12-13-14-15-16-18(20)19(21)22-17(2)3/h9-10,17-18,20H,4-8,11-16H2,1-3H3/b10-9+. The summed E-state index contributed by atoms with van der Waals surface area (Å²) in [6.45, 7) is 5.83. The normalized spacial score (nSPS) is 13.0. The lowest BCUT2D eigenvalue weighted by atomic mass is 10.1. The summed E-state index contributed by atoms with van der Waals surface area (Å²) in [5, 5.41) is 9.64. The number of carbonyl (C=O) groups excluding carboxylic acids is 1. The van der Waals surface area contributed by atoms with Gasteiger partial charge in [-0.15, -0.1) is 0 Å². The highest BCUT2D eigenvalue weighted by atomic mass is 16.6. The van der Waals surface area contributed by atoms with Gasteiger partial charge in [0.05, 0.1) is 6.10 Å². The molecule has 1 N–H and O–H groups in total. The van der Waals surface area contributed by atoms with Crippen LogP contribution in [-0.2, 0) is 9.53 Å². The van der Waals surface area contributed by atoms with Crippen molar-refractivity contribution in [2.45, 2.75) is 104 Å². The third-order valence-corrected chi connectivity index (χ3v) is 3.61. The zero-order chi connectivity index (χ0) is 16.6. The lowest BCUT2D eigenvalue weighted by Crippen LogP contribution is -2.25. The summed E-state index contributed by atoms with van der Waals surface area (Å²) in [5.74, 6) is -0.485. The molecule has 0 aromatic rings. The molecule has 0 bridgehead atoms. The molecule has 0 aliphatic heterocycles. The first kappa shape index (κ1) is 21.2. The van der Waals surface area contributed by atoms with E-state index in [1.165, 1.54) is 38.5 Å². The highest BCUT2D eigenvalue weighted by Gasteiger charge is 2.16. The smallest absolute Gasteiger partial charge is 0.335 e. The molecule has 0 heterocycles. The van der Waals surface area contributed by atoms with Crippen LogP contribution in [0.15, 0.2) is 12.2 Å². The van der Waals surface area contributed by atoms with Crippen LogP contribution in [0.5, 0.6) is 0 Å². The van der Waals surface area contributed by atoms with Crippen molar-refractivity contribution in [3.63, 3.8) is 0 Å². The third-order valence-electron chi connectivity index (χ3n) is 3.61. The van der Waals surface area contributed by atoms with Crippen LogP contribution in [0.4, 0.5) is 0 Å². The van der Waals surface area contributed by atoms with Gasteiger partial charge in [-0.3, -0.25) is 0 Å². The van der Waals surface area contributed by atoms with Crippen molar-refractivity contribution in [1.82, 2.24) is 0 Å². The second kappa shape index (κ2) is 15.1. The Hall–Kier alpha value is -0.830. The van der Waals surface area contributed by atoms with E-state index >= 15 is 0 Å². The van der Waals surface area contributed by atoms with Gasteiger partial charge in [-0.2, -0.15) is 0 Å². The molecule has 0 aliphatic carbocycles. The van der Waals surface area contributed by atoms with Gasteiger partial charge in [-0.25, -0.2) is 4.79 Å². The minimum absolute atomic E-state index is 0.157. The molecule has 0 rings (SSSR count). The summed E-state index contributed by atoms with van der Waals surface area (Å²) >= 11 is 0. The lowest BCUT2D eigenvalue weighted by molar-refractivity contribution is -0.157. The van der Waals surface area contributed by atoms with E-state index in [0.717, 1.165) is 25.7 Å². The molecular formula is C19H36O3. The lowest BCUT2D eigenvalue weighted by Gasteiger charge is -2.12. The molecule has 3 nitrogen and oxygen atoms in total. The minimum Gasteiger partial charge on any atom is -0.461 e. The van der Waals surface area contributed by atoms with Crippen LogP contribution < -0.4 is 0 Å². The molecule has 0 aromatic heterocycles. The van der Waals surface area contributed by atoms with Gasteiger partial charge in [-0.1, -0.05) is 57.6 Å². The number of carbonyl (C=O) groups is 1. The number of hydrogen-bond donors (Lipinski definition) is 1. The average molecular weight is 312 g/mol. The van der Waals surface area contributed by atoms with Gasteiger partial charge >= 0.3 is 5.97 Å². The van der Waals surface area contributed by atoms with E-state index in [1.807, 2.05) is 0 Å². The number of hydrogen-bond acceptors (Lipinski definition) is 3. The maximum Gasteiger partial charge on any atom is 0.335 e. The van der Waals surface area contributed by atoms with E-state index in [0.29, 0.717) is 6.42 Å². The molecule has 0 saturated carbocycles. The van der Waals surface area contributed by atoms with Crippen molar-refractivity contribution < 1.29 is 14.6 Å². The van der Waals surface area contributed by atoms with Crippen LogP contribution >= 0.6 is 0 Å². The summed E-state index contributed by atoms with van der Waals surface area (Å²) in [7, 11) is 0. The molecule has 0 spiro atoms. The molecule has 1 atom stereocenters. The molecule has 1 unspecified atom stereocenters. The Labute approximate surface area is 137 Å². The molecular weight excluding hydrogens is 276 g/mol. The molecule has 0 aliphatic rings. The number of aliphatic hydroxyl groups is 1. The van der Waals surface area contributed by atoms with Crippen molar-refractivity contribution in [3.05, 3.63) is 12.2 Å². The van der Waals surface area contributed by atoms with Crippen molar-refractivity contribution in [1.29, 1.82) is 0 Å². The Morgan fingerprint density at radius 2 is 1.50 bits per heavy atom. The third kappa shape index (κ3) is 14.1. The quantitative estimate of drug-likeness (QED) is 0.273. The van der Waals surface area contributed by atoms with Gasteiger partial charge in [0.15, 0.2) is 6.10 Å². The number of esters is 1. The van der Waals surface area contributed by atoms with E-state index in [1.54, 1.807) is 13.8 Å². The zero-order valence-electron chi connectivity index (χ0n) is 14.9. The summed E-state index contributed by atoms with van der Waals surface area (Å²) < 4.78 is 4.97. The Bertz CT molecular complexity index is 284. The second-order valence-corrected chi connectivity index (χ2v) is 6.31. The summed E-state index contributed by atoms with van der Waals surface area (Å²) in [6.07, 6.45) is 16.0. The first-order valence-electron chi connectivity index (χ1n) is 9.11. The number of aliphatic hydroxyl groups excluding tert-OH is 1. The maximum absolute atomic E-state index is 11.4. The number of rotatable bonds is 14. The summed E-state index contributed by atoms with van der Waals surface area (Å²) in [5.41, 5.74) is 0. The van der Waals surface area contributed by atoms with Crippen molar-refractivity contribution >= 4 is 5.97 Å². The number of allylic oxidation sites excluding steroid dienone is 2. The van der Waals surface area contributed by atoms with Gasteiger partial charge in [0, 0.05) is 0 Å². The molecule has 0 aromatic carbocycles. The molecule has 0 radical (unpaired) electrons. The predicted octanol–water partition coefficient (Wildman–Crippen LogP) is 5.17. The zero-order valence-corrected chi connectivity index (χ0v) is 14.9. The second-order valence-electron chi connectivity index (χ2n) is 6.31.